The number of nitrogens with two attached hydrogens (primary N) is 1. The lowest BCUT2D eigenvalue weighted by atomic mass is 9.90. The van der Waals surface area contributed by atoms with E-state index >= 15 is 0 Å². The molecule has 0 spiro atoms. The van der Waals surface area contributed by atoms with Crippen LogP contribution in [0, 0.1) is 5.82 Å². The topological polar surface area (TPSA) is 112 Å². The van der Waals surface area contributed by atoms with Gasteiger partial charge in [0.15, 0.2) is 9.84 Å². The Morgan fingerprint density at radius 1 is 1.09 bits per heavy atom. The number of fused-ring (bicyclic) bond motifs is 3. The van der Waals surface area contributed by atoms with Gasteiger partial charge in [0.25, 0.3) is 5.56 Å². The van der Waals surface area contributed by atoms with Gasteiger partial charge in [0, 0.05) is 42.3 Å². The first-order valence-corrected chi connectivity index (χ1v) is 12.2. The number of nitrogens with zero attached hydrogens (tertiary/aromatic N) is 2. The van der Waals surface area contributed by atoms with Crippen LogP contribution in [0.1, 0.15) is 34.7 Å². The molecule has 1 amide bonds. The second kappa shape index (κ2) is 8.40. The predicted molar refractivity (Wildman–Crippen MR) is 124 cm³/mol. The number of primary amides is 1. The SMILES string of the molecule is Cn1cc2c(cc1=O)[C@H](CC(N)=O)N=C(c1ccc(F)cc1)c1ccc(CS(C)(=O)=O)cc1-2. The molecular formula is C24H22FN3O4S. The minimum Gasteiger partial charge on any atom is -0.370 e. The molecule has 3 aromatic rings. The number of sulfone groups is 1. The highest BCUT2D eigenvalue weighted by atomic mass is 32.2. The summed E-state index contributed by atoms with van der Waals surface area (Å²) in [6.45, 7) is 0. The summed E-state index contributed by atoms with van der Waals surface area (Å²) in [6, 6.07) is 11.7. The number of aliphatic imine (C=N–C) groups is 1. The molecule has 33 heavy (non-hydrogen) atoms. The molecule has 0 radical (unpaired) electrons. The van der Waals surface area contributed by atoms with E-state index in [1.807, 2.05) is 0 Å². The highest BCUT2D eigenvalue weighted by Gasteiger charge is 2.27. The molecule has 170 valence electrons. The highest BCUT2D eigenvalue weighted by molar-refractivity contribution is 7.89. The van der Waals surface area contributed by atoms with Crippen molar-refractivity contribution in [2.24, 2.45) is 17.8 Å². The van der Waals surface area contributed by atoms with E-state index in [1.165, 1.54) is 22.8 Å². The molecule has 7 nitrogen and oxygen atoms in total. The zero-order valence-electron chi connectivity index (χ0n) is 18.1. The molecule has 9 heteroatoms. The molecule has 0 saturated heterocycles. The number of carbonyl (C=O) groups is 1. The van der Waals surface area contributed by atoms with E-state index in [4.69, 9.17) is 10.7 Å². The zero-order valence-corrected chi connectivity index (χ0v) is 18.9. The molecule has 0 bridgehead atoms. The van der Waals surface area contributed by atoms with Gasteiger partial charge in [0.1, 0.15) is 5.82 Å². The molecule has 1 atom stereocenters. The van der Waals surface area contributed by atoms with Gasteiger partial charge in [0.2, 0.25) is 5.91 Å². The van der Waals surface area contributed by atoms with Crippen LogP contribution in [-0.2, 0) is 27.4 Å². The van der Waals surface area contributed by atoms with Crippen LogP contribution in [-0.4, -0.2) is 30.9 Å². The summed E-state index contributed by atoms with van der Waals surface area (Å²) in [5.41, 5.74) is 9.40. The molecule has 0 fully saturated rings. The number of rotatable bonds is 5. The second-order valence-electron chi connectivity index (χ2n) is 8.21. The predicted octanol–water partition coefficient (Wildman–Crippen LogP) is 2.50. The number of pyridine rings is 1. The van der Waals surface area contributed by atoms with Crippen LogP contribution >= 0.6 is 0 Å². The Bertz CT molecular complexity index is 1460. The summed E-state index contributed by atoms with van der Waals surface area (Å²) in [5.74, 6) is -1.15. The van der Waals surface area contributed by atoms with Gasteiger partial charge < -0.3 is 10.3 Å². The van der Waals surface area contributed by atoms with E-state index in [0.29, 0.717) is 39.1 Å². The Kier molecular flexibility index (Phi) is 5.75. The number of hydrogen-bond acceptors (Lipinski definition) is 5. The molecule has 1 aliphatic heterocycles. The Labute approximate surface area is 190 Å². The van der Waals surface area contributed by atoms with Crippen molar-refractivity contribution in [3.05, 3.63) is 93.2 Å². The van der Waals surface area contributed by atoms with Gasteiger partial charge in [-0.15, -0.1) is 0 Å². The summed E-state index contributed by atoms with van der Waals surface area (Å²) >= 11 is 0. The number of amides is 1. The normalized spacial score (nSPS) is 15.2. The van der Waals surface area contributed by atoms with Crippen LogP contribution in [0.25, 0.3) is 11.1 Å². The summed E-state index contributed by atoms with van der Waals surface area (Å²) in [6.07, 6.45) is 2.68. The first kappa shape index (κ1) is 22.6. The largest absolute Gasteiger partial charge is 0.370 e. The molecule has 2 heterocycles. The third-order valence-corrected chi connectivity index (χ3v) is 6.33. The molecule has 2 aromatic carbocycles. The Hall–Kier alpha value is -3.59. The van der Waals surface area contributed by atoms with Crippen molar-refractivity contribution in [3.63, 3.8) is 0 Å². The molecule has 0 aliphatic carbocycles. The van der Waals surface area contributed by atoms with Crippen molar-refractivity contribution in [3.8, 4) is 11.1 Å². The number of carbonyl (C=O) groups excluding carboxylic acids is 1. The average molecular weight is 468 g/mol. The highest BCUT2D eigenvalue weighted by Crippen LogP contribution is 2.38. The minimum atomic E-state index is -3.29. The van der Waals surface area contributed by atoms with Crippen molar-refractivity contribution in [1.82, 2.24) is 4.57 Å². The summed E-state index contributed by atoms with van der Waals surface area (Å²) in [4.78, 5) is 29.1. The van der Waals surface area contributed by atoms with Crippen molar-refractivity contribution >= 4 is 21.5 Å². The molecule has 4 rings (SSSR count). The van der Waals surface area contributed by atoms with Crippen LogP contribution in [0.2, 0.25) is 0 Å². The minimum absolute atomic E-state index is 0.130. The Morgan fingerprint density at radius 2 is 1.79 bits per heavy atom. The molecule has 2 N–H and O–H groups in total. The molecule has 1 aromatic heterocycles. The maximum Gasteiger partial charge on any atom is 0.250 e. The molecule has 0 unspecified atom stereocenters. The van der Waals surface area contributed by atoms with E-state index in [1.54, 1.807) is 43.6 Å². The number of halogens is 1. The first-order valence-electron chi connectivity index (χ1n) is 10.2. The molecular weight excluding hydrogens is 445 g/mol. The van der Waals surface area contributed by atoms with Gasteiger partial charge in [-0.2, -0.15) is 0 Å². The third kappa shape index (κ3) is 4.78. The van der Waals surface area contributed by atoms with E-state index < -0.39 is 27.6 Å². The fraction of sp³-hybridized carbons (Fsp3) is 0.208. The zero-order chi connectivity index (χ0) is 23.9. The van der Waals surface area contributed by atoms with Crippen LogP contribution in [0.4, 0.5) is 4.39 Å². The van der Waals surface area contributed by atoms with Gasteiger partial charge >= 0.3 is 0 Å². The molecule has 1 aliphatic rings. The van der Waals surface area contributed by atoms with Gasteiger partial charge in [-0.25, -0.2) is 12.8 Å². The van der Waals surface area contributed by atoms with E-state index in [-0.39, 0.29) is 17.7 Å². The number of benzene rings is 2. The maximum absolute atomic E-state index is 13.6. The number of aryl methyl sites for hydroxylation is 1. The summed E-state index contributed by atoms with van der Waals surface area (Å²) in [5, 5.41) is 0. The van der Waals surface area contributed by atoms with E-state index in [2.05, 4.69) is 0 Å². The lowest BCUT2D eigenvalue weighted by Gasteiger charge is -2.15. The number of hydrogen-bond donors (Lipinski definition) is 1. The first-order chi connectivity index (χ1) is 15.5. The van der Waals surface area contributed by atoms with Crippen LogP contribution in [0.3, 0.4) is 0 Å². The van der Waals surface area contributed by atoms with Gasteiger partial charge in [-0.3, -0.25) is 14.6 Å². The summed E-state index contributed by atoms with van der Waals surface area (Å²) < 4.78 is 38.8. The molecule has 0 saturated carbocycles. The van der Waals surface area contributed by atoms with Crippen molar-refractivity contribution < 1.29 is 17.6 Å². The summed E-state index contributed by atoms with van der Waals surface area (Å²) in [7, 11) is -1.68. The lowest BCUT2D eigenvalue weighted by molar-refractivity contribution is -0.118. The van der Waals surface area contributed by atoms with Gasteiger partial charge in [-0.1, -0.05) is 12.1 Å². The monoisotopic (exact) mass is 467 g/mol. The number of aromatic nitrogens is 1. The van der Waals surface area contributed by atoms with Crippen LogP contribution < -0.4 is 11.3 Å². The Morgan fingerprint density at radius 3 is 2.42 bits per heavy atom. The lowest BCUT2D eigenvalue weighted by Crippen LogP contribution is -2.20. The van der Waals surface area contributed by atoms with Gasteiger partial charge in [-0.05, 0) is 47.0 Å². The van der Waals surface area contributed by atoms with Crippen molar-refractivity contribution in [2.75, 3.05) is 6.26 Å². The second-order valence-corrected chi connectivity index (χ2v) is 10.4. The quantitative estimate of drug-likeness (QED) is 0.621. The van der Waals surface area contributed by atoms with E-state index in [0.717, 1.165) is 6.26 Å². The third-order valence-electron chi connectivity index (χ3n) is 5.47. The van der Waals surface area contributed by atoms with Crippen molar-refractivity contribution in [1.29, 1.82) is 0 Å². The maximum atomic E-state index is 13.6. The van der Waals surface area contributed by atoms with Gasteiger partial charge in [0.05, 0.1) is 23.9 Å². The Balaban J connectivity index is 2.05. The average Bonchev–Trinajstić information content (AvgIpc) is 2.83. The van der Waals surface area contributed by atoms with E-state index in [9.17, 15) is 22.4 Å². The fourth-order valence-electron chi connectivity index (χ4n) is 4.04. The smallest absolute Gasteiger partial charge is 0.250 e. The van der Waals surface area contributed by atoms with Crippen LogP contribution in [0.15, 0.2) is 64.5 Å². The fourth-order valence-corrected chi connectivity index (χ4v) is 4.82. The van der Waals surface area contributed by atoms with Crippen LogP contribution in [0.5, 0.6) is 0 Å². The van der Waals surface area contributed by atoms with Crippen molar-refractivity contribution in [2.45, 2.75) is 18.2 Å². The standard InChI is InChI=1S/C24H22FN3O4S/c1-28-12-20-18-9-14(13-33(2,31)32)3-8-17(18)24(15-4-6-16(25)7-5-15)27-21(11-22(26)29)19(20)10-23(28)30/h3-10,12,21H,11,13H2,1-2H3,(H2,26,29)/t21-/m0/s1.